The summed E-state index contributed by atoms with van der Waals surface area (Å²) >= 11 is 0. The average Bonchev–Trinajstić information content (AvgIpc) is 2.42. The van der Waals surface area contributed by atoms with Crippen LogP contribution in [0, 0.1) is 0 Å². The van der Waals surface area contributed by atoms with Crippen molar-refractivity contribution < 1.29 is 19.4 Å². The number of carbonyl (C=O) groups is 2. The van der Waals surface area contributed by atoms with Gasteiger partial charge in [-0.1, -0.05) is 18.2 Å². The first-order chi connectivity index (χ1) is 9.15. The van der Waals surface area contributed by atoms with Crippen LogP contribution in [0.2, 0.25) is 0 Å². The van der Waals surface area contributed by atoms with Crippen molar-refractivity contribution in [3.63, 3.8) is 0 Å². The summed E-state index contributed by atoms with van der Waals surface area (Å²) in [4.78, 5) is 24.4. The number of nitrogens with zero attached hydrogens (tertiary/aromatic N) is 1. The van der Waals surface area contributed by atoms with Crippen molar-refractivity contribution in [3.8, 4) is 0 Å². The number of benzene rings is 1. The Morgan fingerprint density at radius 1 is 1.21 bits per heavy atom. The average molecular weight is 265 g/mol. The molecular weight excluding hydrogens is 246 g/mol. The SMILES string of the molecule is COCCCN(CCC(=O)O)C(=O)c1ccccc1. The minimum atomic E-state index is -0.905. The van der Waals surface area contributed by atoms with E-state index in [9.17, 15) is 9.59 Å². The summed E-state index contributed by atoms with van der Waals surface area (Å²) in [5.74, 6) is -1.05. The Labute approximate surface area is 112 Å². The van der Waals surface area contributed by atoms with Crippen LogP contribution < -0.4 is 0 Å². The maximum atomic E-state index is 12.2. The number of methoxy groups -OCH3 is 1. The van der Waals surface area contributed by atoms with E-state index in [1.54, 1.807) is 36.3 Å². The molecule has 0 atom stereocenters. The molecule has 0 spiro atoms. The lowest BCUT2D eigenvalue weighted by molar-refractivity contribution is -0.137. The van der Waals surface area contributed by atoms with Crippen LogP contribution in [-0.2, 0) is 9.53 Å². The number of carboxylic acids is 1. The van der Waals surface area contributed by atoms with Gasteiger partial charge in [0, 0.05) is 32.4 Å². The molecule has 1 rings (SSSR count). The van der Waals surface area contributed by atoms with Crippen LogP contribution in [0.15, 0.2) is 30.3 Å². The predicted octanol–water partition coefficient (Wildman–Crippen LogP) is 1.64. The van der Waals surface area contributed by atoms with Gasteiger partial charge in [0.15, 0.2) is 0 Å². The van der Waals surface area contributed by atoms with E-state index in [-0.39, 0.29) is 18.9 Å². The highest BCUT2D eigenvalue weighted by Crippen LogP contribution is 2.06. The van der Waals surface area contributed by atoms with Gasteiger partial charge in [0.05, 0.1) is 6.42 Å². The molecule has 0 heterocycles. The first-order valence-electron chi connectivity index (χ1n) is 6.20. The number of carboxylic acid groups (broad SMARTS) is 1. The molecule has 104 valence electrons. The molecule has 0 saturated heterocycles. The largest absolute Gasteiger partial charge is 0.481 e. The molecule has 0 radical (unpaired) electrons. The zero-order valence-corrected chi connectivity index (χ0v) is 11.0. The number of aliphatic carboxylic acids is 1. The Hall–Kier alpha value is -1.88. The fraction of sp³-hybridized carbons (Fsp3) is 0.429. The summed E-state index contributed by atoms with van der Waals surface area (Å²) in [7, 11) is 1.60. The molecule has 1 N–H and O–H groups in total. The Kier molecular flexibility index (Phi) is 6.60. The van der Waals surface area contributed by atoms with E-state index >= 15 is 0 Å². The standard InChI is InChI=1S/C14H19NO4/c1-19-11-5-9-15(10-8-13(16)17)14(18)12-6-3-2-4-7-12/h2-4,6-7H,5,8-11H2,1H3,(H,16,17). The second kappa shape index (κ2) is 8.26. The highest BCUT2D eigenvalue weighted by molar-refractivity contribution is 5.94. The first kappa shape index (κ1) is 15.2. The third kappa shape index (κ3) is 5.52. The van der Waals surface area contributed by atoms with E-state index in [0.717, 1.165) is 0 Å². The smallest absolute Gasteiger partial charge is 0.305 e. The van der Waals surface area contributed by atoms with Crippen molar-refractivity contribution >= 4 is 11.9 Å². The molecule has 5 heteroatoms. The van der Waals surface area contributed by atoms with Gasteiger partial charge in [-0.3, -0.25) is 9.59 Å². The summed E-state index contributed by atoms with van der Waals surface area (Å²) in [5.41, 5.74) is 0.574. The number of carbonyl (C=O) groups excluding carboxylic acids is 1. The molecule has 0 aliphatic rings. The van der Waals surface area contributed by atoms with E-state index in [1.165, 1.54) is 0 Å². The minimum Gasteiger partial charge on any atom is -0.481 e. The van der Waals surface area contributed by atoms with Gasteiger partial charge in [0.25, 0.3) is 5.91 Å². The fourth-order valence-electron chi connectivity index (χ4n) is 1.71. The highest BCUT2D eigenvalue weighted by Gasteiger charge is 2.16. The first-order valence-corrected chi connectivity index (χ1v) is 6.20. The van der Waals surface area contributed by atoms with Crippen LogP contribution in [-0.4, -0.2) is 48.7 Å². The molecule has 0 fully saturated rings. The Morgan fingerprint density at radius 2 is 1.89 bits per heavy atom. The third-order valence-corrected chi connectivity index (χ3v) is 2.68. The number of rotatable bonds is 8. The van der Waals surface area contributed by atoms with Crippen molar-refractivity contribution in [1.29, 1.82) is 0 Å². The molecule has 19 heavy (non-hydrogen) atoms. The maximum Gasteiger partial charge on any atom is 0.305 e. The molecule has 1 aromatic carbocycles. The van der Waals surface area contributed by atoms with E-state index in [2.05, 4.69) is 0 Å². The van der Waals surface area contributed by atoms with Crippen molar-refractivity contribution in [3.05, 3.63) is 35.9 Å². The number of ether oxygens (including phenoxy) is 1. The zero-order chi connectivity index (χ0) is 14.1. The van der Waals surface area contributed by atoms with E-state index in [1.807, 2.05) is 6.07 Å². The van der Waals surface area contributed by atoms with Gasteiger partial charge in [0.2, 0.25) is 0 Å². The van der Waals surface area contributed by atoms with Crippen LogP contribution in [0.1, 0.15) is 23.2 Å². The molecule has 0 aromatic heterocycles. The van der Waals surface area contributed by atoms with E-state index < -0.39 is 5.97 Å². The van der Waals surface area contributed by atoms with Crippen LogP contribution in [0.3, 0.4) is 0 Å². The monoisotopic (exact) mass is 265 g/mol. The summed E-state index contributed by atoms with van der Waals surface area (Å²) in [6.07, 6.45) is 0.639. The Morgan fingerprint density at radius 3 is 2.47 bits per heavy atom. The van der Waals surface area contributed by atoms with E-state index in [4.69, 9.17) is 9.84 Å². The maximum absolute atomic E-state index is 12.2. The quantitative estimate of drug-likeness (QED) is 0.726. The summed E-state index contributed by atoms with van der Waals surface area (Å²) in [5, 5.41) is 8.72. The lowest BCUT2D eigenvalue weighted by atomic mass is 10.2. The van der Waals surface area contributed by atoms with Crippen LogP contribution in [0.5, 0.6) is 0 Å². The molecule has 0 aliphatic carbocycles. The second-order valence-corrected chi connectivity index (χ2v) is 4.15. The molecule has 5 nitrogen and oxygen atoms in total. The number of hydrogen-bond donors (Lipinski definition) is 1. The van der Waals surface area contributed by atoms with Crippen LogP contribution in [0.25, 0.3) is 0 Å². The highest BCUT2D eigenvalue weighted by atomic mass is 16.5. The molecule has 0 bridgehead atoms. The molecule has 1 amide bonds. The molecule has 0 aliphatic heterocycles. The lowest BCUT2D eigenvalue weighted by Gasteiger charge is -2.22. The molecule has 0 unspecified atom stereocenters. The van der Waals surface area contributed by atoms with Crippen molar-refractivity contribution in [2.75, 3.05) is 26.8 Å². The van der Waals surface area contributed by atoms with Gasteiger partial charge < -0.3 is 14.7 Å². The summed E-state index contributed by atoms with van der Waals surface area (Å²) < 4.78 is 4.95. The summed E-state index contributed by atoms with van der Waals surface area (Å²) in [6, 6.07) is 8.87. The van der Waals surface area contributed by atoms with Gasteiger partial charge in [-0.05, 0) is 18.6 Å². The van der Waals surface area contributed by atoms with Gasteiger partial charge in [-0.15, -0.1) is 0 Å². The number of amides is 1. The van der Waals surface area contributed by atoms with Gasteiger partial charge in [0.1, 0.15) is 0 Å². The topological polar surface area (TPSA) is 66.8 Å². The third-order valence-electron chi connectivity index (χ3n) is 2.68. The van der Waals surface area contributed by atoms with Crippen LogP contribution in [0.4, 0.5) is 0 Å². The van der Waals surface area contributed by atoms with Crippen LogP contribution >= 0.6 is 0 Å². The molecule has 1 aromatic rings. The van der Waals surface area contributed by atoms with E-state index in [0.29, 0.717) is 25.1 Å². The summed E-state index contributed by atoms with van der Waals surface area (Å²) in [6.45, 7) is 1.26. The minimum absolute atomic E-state index is 0.0500. The van der Waals surface area contributed by atoms with Gasteiger partial charge in [-0.25, -0.2) is 0 Å². The van der Waals surface area contributed by atoms with Crippen molar-refractivity contribution in [1.82, 2.24) is 4.90 Å². The van der Waals surface area contributed by atoms with Crippen molar-refractivity contribution in [2.24, 2.45) is 0 Å². The lowest BCUT2D eigenvalue weighted by Crippen LogP contribution is -2.34. The van der Waals surface area contributed by atoms with Crippen molar-refractivity contribution in [2.45, 2.75) is 12.8 Å². The predicted molar refractivity (Wildman–Crippen MR) is 71.1 cm³/mol. The fourth-order valence-corrected chi connectivity index (χ4v) is 1.71. The van der Waals surface area contributed by atoms with Gasteiger partial charge in [-0.2, -0.15) is 0 Å². The number of hydrogen-bond acceptors (Lipinski definition) is 3. The molecular formula is C14H19NO4. The molecule has 0 saturated carbocycles. The second-order valence-electron chi connectivity index (χ2n) is 4.15. The Balaban J connectivity index is 2.65. The zero-order valence-electron chi connectivity index (χ0n) is 11.0. The normalized spacial score (nSPS) is 10.2. The van der Waals surface area contributed by atoms with Gasteiger partial charge >= 0.3 is 5.97 Å². The Bertz CT molecular complexity index is 405.